The van der Waals surface area contributed by atoms with Crippen LogP contribution in [0.3, 0.4) is 0 Å². The van der Waals surface area contributed by atoms with Gasteiger partial charge in [-0.15, -0.1) is 0 Å². The van der Waals surface area contributed by atoms with Crippen LogP contribution < -0.4 is 16.2 Å². The van der Waals surface area contributed by atoms with Crippen LogP contribution >= 0.6 is 0 Å². The number of furan rings is 1. The molecule has 2 amide bonds. The lowest BCUT2D eigenvalue weighted by atomic mass is 10.2. The molecule has 122 valence electrons. The van der Waals surface area contributed by atoms with Gasteiger partial charge in [0.1, 0.15) is 0 Å². The Morgan fingerprint density at radius 1 is 1.09 bits per heavy atom. The quantitative estimate of drug-likeness (QED) is 0.735. The number of carbonyl (C=O) groups is 2. The van der Waals surface area contributed by atoms with Crippen molar-refractivity contribution < 1.29 is 27.2 Å². The van der Waals surface area contributed by atoms with Gasteiger partial charge in [-0.2, -0.15) is 13.2 Å². The largest absolute Gasteiger partial charge is 0.459 e. The summed E-state index contributed by atoms with van der Waals surface area (Å²) >= 11 is 0. The van der Waals surface area contributed by atoms with Gasteiger partial charge >= 0.3 is 6.18 Å². The van der Waals surface area contributed by atoms with E-state index < -0.39 is 30.1 Å². The lowest BCUT2D eigenvalue weighted by Gasteiger charge is -2.15. The molecule has 6 nitrogen and oxygen atoms in total. The molecule has 0 spiro atoms. The summed E-state index contributed by atoms with van der Waals surface area (Å²) in [5.74, 6) is -1.31. The van der Waals surface area contributed by atoms with E-state index in [0.717, 1.165) is 6.07 Å². The van der Waals surface area contributed by atoms with Crippen molar-refractivity contribution in [1.82, 2.24) is 10.7 Å². The van der Waals surface area contributed by atoms with Crippen molar-refractivity contribution in [2.45, 2.75) is 6.18 Å². The number of alkyl halides is 3. The molecule has 1 heterocycles. The third-order valence-electron chi connectivity index (χ3n) is 2.72. The highest BCUT2D eigenvalue weighted by Gasteiger charge is 2.33. The smallest absolute Gasteiger partial charge is 0.418 e. The summed E-state index contributed by atoms with van der Waals surface area (Å²) in [6.45, 7) is -0.430. The second-order valence-electron chi connectivity index (χ2n) is 4.38. The maximum absolute atomic E-state index is 12.8. The van der Waals surface area contributed by atoms with Crippen LogP contribution in [0.4, 0.5) is 18.9 Å². The maximum Gasteiger partial charge on any atom is 0.418 e. The second kappa shape index (κ2) is 6.86. The summed E-state index contributed by atoms with van der Waals surface area (Å²) in [6, 6.07) is 7.59. The van der Waals surface area contributed by atoms with Gasteiger partial charge in [0.05, 0.1) is 24.1 Å². The van der Waals surface area contributed by atoms with Crippen molar-refractivity contribution >= 4 is 17.5 Å². The Hall–Kier alpha value is -2.97. The molecular weight excluding hydrogens is 315 g/mol. The van der Waals surface area contributed by atoms with Crippen molar-refractivity contribution in [3.63, 3.8) is 0 Å². The highest BCUT2D eigenvalue weighted by Crippen LogP contribution is 2.34. The summed E-state index contributed by atoms with van der Waals surface area (Å²) in [6.07, 6.45) is -3.26. The van der Waals surface area contributed by atoms with E-state index in [2.05, 4.69) is 16.2 Å². The molecule has 0 unspecified atom stereocenters. The normalized spacial score (nSPS) is 10.9. The van der Waals surface area contributed by atoms with Crippen molar-refractivity contribution in [3.05, 3.63) is 54.0 Å². The van der Waals surface area contributed by atoms with E-state index in [1.807, 2.05) is 0 Å². The molecule has 0 aliphatic rings. The minimum Gasteiger partial charge on any atom is -0.459 e. The van der Waals surface area contributed by atoms with E-state index >= 15 is 0 Å². The Balaban J connectivity index is 1.87. The lowest BCUT2D eigenvalue weighted by Crippen LogP contribution is -2.39. The standard InChI is InChI=1S/C14H12F3N3O3/c15-14(16,17)9-4-1-2-5-10(9)19-20-12(21)8-18-13(22)11-6-3-7-23-11/h1-7,19H,8H2,(H,18,22)(H,20,21). The van der Waals surface area contributed by atoms with Gasteiger partial charge in [0.25, 0.3) is 11.8 Å². The molecule has 0 aliphatic heterocycles. The second-order valence-corrected chi connectivity index (χ2v) is 4.38. The maximum atomic E-state index is 12.8. The molecular formula is C14H12F3N3O3. The predicted octanol–water partition coefficient (Wildman–Crippen LogP) is 2.17. The Kier molecular flexibility index (Phi) is 4.89. The molecule has 23 heavy (non-hydrogen) atoms. The Morgan fingerprint density at radius 2 is 1.83 bits per heavy atom. The van der Waals surface area contributed by atoms with E-state index in [4.69, 9.17) is 4.42 Å². The van der Waals surface area contributed by atoms with Gasteiger partial charge < -0.3 is 9.73 Å². The number of hydrogen-bond acceptors (Lipinski definition) is 4. The van der Waals surface area contributed by atoms with Gasteiger partial charge in [-0.1, -0.05) is 12.1 Å². The number of carbonyl (C=O) groups excluding carboxylic acids is 2. The number of hydrazine groups is 1. The van der Waals surface area contributed by atoms with E-state index in [-0.39, 0.29) is 11.4 Å². The molecule has 3 N–H and O–H groups in total. The molecule has 0 saturated carbocycles. The van der Waals surface area contributed by atoms with Crippen LogP contribution in [0, 0.1) is 0 Å². The summed E-state index contributed by atoms with van der Waals surface area (Å²) in [5, 5.41) is 2.26. The fourth-order valence-electron chi connectivity index (χ4n) is 1.68. The molecule has 2 rings (SSSR count). The molecule has 0 fully saturated rings. The number of para-hydroxylation sites is 1. The minimum atomic E-state index is -4.55. The molecule has 0 saturated heterocycles. The first kappa shape index (κ1) is 16.4. The number of halogens is 3. The van der Waals surface area contributed by atoms with Gasteiger partial charge in [-0.05, 0) is 24.3 Å². The molecule has 9 heteroatoms. The fourth-order valence-corrected chi connectivity index (χ4v) is 1.68. The first-order chi connectivity index (χ1) is 10.9. The third-order valence-corrected chi connectivity index (χ3v) is 2.72. The van der Waals surface area contributed by atoms with Crippen LogP contribution in [0.1, 0.15) is 16.1 Å². The number of nitrogens with one attached hydrogen (secondary N) is 3. The average molecular weight is 327 g/mol. The molecule has 0 aliphatic carbocycles. The number of rotatable bonds is 5. The van der Waals surface area contributed by atoms with Crippen LogP contribution in [0.2, 0.25) is 0 Å². The summed E-state index contributed by atoms with van der Waals surface area (Å²) < 4.78 is 43.1. The van der Waals surface area contributed by atoms with Gasteiger partial charge in [0, 0.05) is 0 Å². The number of benzene rings is 1. The zero-order valence-electron chi connectivity index (χ0n) is 11.6. The third kappa shape index (κ3) is 4.50. The summed E-state index contributed by atoms with van der Waals surface area (Å²) in [4.78, 5) is 23.1. The highest BCUT2D eigenvalue weighted by atomic mass is 19.4. The van der Waals surface area contributed by atoms with Crippen LogP contribution in [-0.2, 0) is 11.0 Å². The molecule has 1 aromatic heterocycles. The van der Waals surface area contributed by atoms with Crippen LogP contribution in [-0.4, -0.2) is 18.4 Å². The van der Waals surface area contributed by atoms with E-state index in [1.54, 1.807) is 0 Å². The highest BCUT2D eigenvalue weighted by molar-refractivity contribution is 5.94. The van der Waals surface area contributed by atoms with Gasteiger partial charge in [0.15, 0.2) is 5.76 Å². The molecule has 0 atom stereocenters. The average Bonchev–Trinajstić information content (AvgIpc) is 3.04. The van der Waals surface area contributed by atoms with Gasteiger partial charge in [-0.3, -0.25) is 20.4 Å². The number of anilines is 1. The number of amides is 2. The van der Waals surface area contributed by atoms with Crippen LogP contribution in [0.5, 0.6) is 0 Å². The predicted molar refractivity (Wildman–Crippen MR) is 74.3 cm³/mol. The topological polar surface area (TPSA) is 83.4 Å². The van der Waals surface area contributed by atoms with Gasteiger partial charge in [0.2, 0.25) is 0 Å². The molecule has 0 radical (unpaired) electrons. The SMILES string of the molecule is O=C(CNC(=O)c1ccco1)NNc1ccccc1C(F)(F)F. The zero-order valence-corrected chi connectivity index (χ0v) is 11.6. The Bertz CT molecular complexity index is 684. The van der Waals surface area contributed by atoms with Crippen molar-refractivity contribution in [2.24, 2.45) is 0 Å². The Labute approximate surface area is 128 Å². The van der Waals surface area contributed by atoms with Crippen LogP contribution in [0.15, 0.2) is 47.1 Å². The van der Waals surface area contributed by atoms with Gasteiger partial charge in [-0.25, -0.2) is 0 Å². The lowest BCUT2D eigenvalue weighted by molar-refractivity contribution is -0.137. The van der Waals surface area contributed by atoms with E-state index in [9.17, 15) is 22.8 Å². The molecule has 0 bridgehead atoms. The van der Waals surface area contributed by atoms with Crippen molar-refractivity contribution in [1.29, 1.82) is 0 Å². The molecule has 1 aromatic carbocycles. The van der Waals surface area contributed by atoms with Crippen LogP contribution in [0.25, 0.3) is 0 Å². The first-order valence-electron chi connectivity index (χ1n) is 6.40. The van der Waals surface area contributed by atoms with Crippen molar-refractivity contribution in [3.8, 4) is 0 Å². The number of hydrogen-bond donors (Lipinski definition) is 3. The van der Waals surface area contributed by atoms with E-state index in [1.165, 1.54) is 36.6 Å². The van der Waals surface area contributed by atoms with Crippen molar-refractivity contribution in [2.75, 3.05) is 12.0 Å². The summed E-state index contributed by atoms with van der Waals surface area (Å²) in [5.41, 5.74) is 3.04. The molecule has 2 aromatic rings. The summed E-state index contributed by atoms with van der Waals surface area (Å²) in [7, 11) is 0. The fraction of sp³-hybridized carbons (Fsp3) is 0.143. The Morgan fingerprint density at radius 3 is 2.48 bits per heavy atom. The first-order valence-corrected chi connectivity index (χ1v) is 6.40. The minimum absolute atomic E-state index is 0.0215. The monoisotopic (exact) mass is 327 g/mol. The van der Waals surface area contributed by atoms with E-state index in [0.29, 0.717) is 0 Å². The zero-order chi connectivity index (χ0) is 16.9.